The molecule has 1 aromatic heterocycles. The molecule has 1 fully saturated rings. The lowest BCUT2D eigenvalue weighted by atomic mass is 10.1. The summed E-state index contributed by atoms with van der Waals surface area (Å²) in [6.45, 7) is 0.333. The highest BCUT2D eigenvalue weighted by Crippen LogP contribution is 2.33. The van der Waals surface area contributed by atoms with Crippen LogP contribution in [0.2, 0.25) is 0 Å². The molecule has 26 heavy (non-hydrogen) atoms. The Morgan fingerprint density at radius 2 is 2.08 bits per heavy atom. The van der Waals surface area contributed by atoms with Crippen LogP contribution in [0.1, 0.15) is 17.5 Å². The fourth-order valence-corrected chi connectivity index (χ4v) is 2.82. The van der Waals surface area contributed by atoms with E-state index in [0.29, 0.717) is 0 Å². The molecule has 0 saturated carbocycles. The first-order valence-corrected chi connectivity index (χ1v) is 7.99. The van der Waals surface area contributed by atoms with Gasteiger partial charge in [0.25, 0.3) is 0 Å². The number of hydrogen-bond acceptors (Lipinski definition) is 3. The third kappa shape index (κ3) is 4.01. The van der Waals surface area contributed by atoms with Crippen molar-refractivity contribution in [2.24, 2.45) is 5.92 Å². The van der Waals surface area contributed by atoms with Gasteiger partial charge in [-0.05, 0) is 29.8 Å². The molecule has 1 N–H and O–H groups in total. The van der Waals surface area contributed by atoms with E-state index in [2.05, 4.69) is 10.3 Å². The third-order valence-electron chi connectivity index (χ3n) is 4.17. The summed E-state index contributed by atoms with van der Waals surface area (Å²) in [5, 5.41) is 2.73. The summed E-state index contributed by atoms with van der Waals surface area (Å²) in [5.74, 6) is -1.28. The predicted molar refractivity (Wildman–Crippen MR) is 88.0 cm³/mol. The molecule has 2 amide bonds. The van der Waals surface area contributed by atoms with Gasteiger partial charge in [-0.1, -0.05) is 12.1 Å². The van der Waals surface area contributed by atoms with Crippen molar-refractivity contribution in [3.05, 3.63) is 59.9 Å². The highest BCUT2D eigenvalue weighted by atomic mass is 19.4. The van der Waals surface area contributed by atoms with E-state index in [4.69, 9.17) is 0 Å². The average molecular weight is 363 g/mol. The van der Waals surface area contributed by atoms with Crippen LogP contribution in [0, 0.1) is 5.92 Å². The first-order valence-electron chi connectivity index (χ1n) is 7.99. The van der Waals surface area contributed by atoms with Gasteiger partial charge in [0.05, 0.1) is 11.5 Å². The lowest BCUT2D eigenvalue weighted by Crippen LogP contribution is -2.32. The molecule has 0 spiro atoms. The molecular formula is C18H16F3N3O2. The Hall–Kier alpha value is -2.90. The molecule has 8 heteroatoms. The average Bonchev–Trinajstić information content (AvgIpc) is 3.02. The number of anilines is 1. The van der Waals surface area contributed by atoms with Gasteiger partial charge >= 0.3 is 6.18 Å². The van der Waals surface area contributed by atoms with Crippen molar-refractivity contribution in [2.75, 3.05) is 11.4 Å². The molecule has 0 bridgehead atoms. The van der Waals surface area contributed by atoms with Crippen molar-refractivity contribution < 1.29 is 22.8 Å². The summed E-state index contributed by atoms with van der Waals surface area (Å²) < 4.78 is 38.5. The zero-order chi connectivity index (χ0) is 18.7. The molecule has 0 aliphatic carbocycles. The Morgan fingerprint density at radius 3 is 2.77 bits per heavy atom. The number of alkyl halides is 3. The molecule has 2 aromatic rings. The van der Waals surface area contributed by atoms with Crippen LogP contribution in [0.5, 0.6) is 0 Å². The third-order valence-corrected chi connectivity index (χ3v) is 4.17. The monoisotopic (exact) mass is 363 g/mol. The number of carbonyl (C=O) groups excluding carboxylic acids is 2. The summed E-state index contributed by atoms with van der Waals surface area (Å²) in [7, 11) is 0. The van der Waals surface area contributed by atoms with Crippen molar-refractivity contribution in [2.45, 2.75) is 19.1 Å². The van der Waals surface area contributed by atoms with E-state index in [0.717, 1.165) is 17.7 Å². The molecule has 0 unspecified atom stereocenters. The minimum absolute atomic E-state index is 0.0326. The first-order chi connectivity index (χ1) is 12.3. The Kier molecular flexibility index (Phi) is 4.92. The predicted octanol–water partition coefficient (Wildman–Crippen LogP) is 2.77. The maximum absolute atomic E-state index is 12.8. The summed E-state index contributed by atoms with van der Waals surface area (Å²) in [6, 6.07) is 8.11. The van der Waals surface area contributed by atoms with Crippen LogP contribution in [0.15, 0.2) is 48.8 Å². The Balaban J connectivity index is 1.66. The smallest absolute Gasteiger partial charge is 0.352 e. The van der Waals surface area contributed by atoms with E-state index in [9.17, 15) is 22.8 Å². The van der Waals surface area contributed by atoms with Gasteiger partial charge in [0.15, 0.2) is 0 Å². The van der Waals surface area contributed by atoms with Crippen LogP contribution in [-0.4, -0.2) is 23.3 Å². The highest BCUT2D eigenvalue weighted by Gasteiger charge is 2.36. The fraction of sp³-hybridized carbons (Fsp3) is 0.278. The van der Waals surface area contributed by atoms with E-state index in [1.54, 1.807) is 18.5 Å². The SMILES string of the molecule is O=C(NCc1cccnc1)[C@@H]1CC(=O)N(c2cccc(C(F)(F)F)c2)C1. The van der Waals surface area contributed by atoms with Gasteiger partial charge in [-0.25, -0.2) is 0 Å². The molecule has 3 rings (SSSR count). The van der Waals surface area contributed by atoms with E-state index in [-0.39, 0.29) is 37.0 Å². The van der Waals surface area contributed by atoms with E-state index in [1.165, 1.54) is 17.0 Å². The summed E-state index contributed by atoms with van der Waals surface area (Å²) >= 11 is 0. The Morgan fingerprint density at radius 1 is 1.27 bits per heavy atom. The van der Waals surface area contributed by atoms with Gasteiger partial charge in [0.1, 0.15) is 0 Å². The maximum atomic E-state index is 12.8. The van der Waals surface area contributed by atoms with E-state index >= 15 is 0 Å². The van der Waals surface area contributed by atoms with Gasteiger partial charge in [0, 0.05) is 37.6 Å². The molecule has 1 aliphatic heterocycles. The molecule has 1 saturated heterocycles. The van der Waals surface area contributed by atoms with Crippen LogP contribution >= 0.6 is 0 Å². The van der Waals surface area contributed by atoms with Gasteiger partial charge < -0.3 is 10.2 Å². The summed E-state index contributed by atoms with van der Waals surface area (Å²) in [4.78, 5) is 29.6. The molecule has 136 valence electrons. The molecule has 5 nitrogen and oxygen atoms in total. The number of hydrogen-bond donors (Lipinski definition) is 1. The molecule has 0 radical (unpaired) electrons. The van der Waals surface area contributed by atoms with Crippen molar-refractivity contribution in [3.8, 4) is 0 Å². The number of amides is 2. The van der Waals surface area contributed by atoms with Crippen LogP contribution in [-0.2, 0) is 22.3 Å². The van der Waals surface area contributed by atoms with Gasteiger partial charge in [-0.3, -0.25) is 14.6 Å². The molecule has 1 atom stereocenters. The highest BCUT2D eigenvalue weighted by molar-refractivity contribution is 6.00. The van der Waals surface area contributed by atoms with Crippen LogP contribution in [0.3, 0.4) is 0 Å². The normalized spacial score (nSPS) is 17.4. The number of benzene rings is 1. The number of halogens is 3. The lowest BCUT2D eigenvalue weighted by Gasteiger charge is -2.18. The van der Waals surface area contributed by atoms with E-state index in [1.807, 2.05) is 6.07 Å². The molecule has 1 aliphatic rings. The lowest BCUT2D eigenvalue weighted by molar-refractivity contribution is -0.137. The number of pyridine rings is 1. The largest absolute Gasteiger partial charge is 0.416 e. The van der Waals surface area contributed by atoms with Crippen LogP contribution < -0.4 is 10.2 Å². The number of nitrogens with zero attached hydrogens (tertiary/aromatic N) is 2. The van der Waals surface area contributed by atoms with Crippen molar-refractivity contribution >= 4 is 17.5 Å². The topological polar surface area (TPSA) is 62.3 Å². The second kappa shape index (κ2) is 7.15. The van der Waals surface area contributed by atoms with E-state index < -0.39 is 17.7 Å². The minimum Gasteiger partial charge on any atom is -0.352 e. The van der Waals surface area contributed by atoms with Crippen LogP contribution in [0.4, 0.5) is 18.9 Å². The summed E-state index contributed by atoms with van der Waals surface area (Å²) in [5.41, 5.74) is 0.138. The maximum Gasteiger partial charge on any atom is 0.416 e. The fourth-order valence-electron chi connectivity index (χ4n) is 2.82. The zero-order valence-electron chi connectivity index (χ0n) is 13.7. The van der Waals surface area contributed by atoms with Crippen molar-refractivity contribution in [1.82, 2.24) is 10.3 Å². The number of nitrogens with one attached hydrogen (secondary N) is 1. The summed E-state index contributed by atoms with van der Waals surface area (Å²) in [6.07, 6.45) is -1.28. The quantitative estimate of drug-likeness (QED) is 0.909. The van der Waals surface area contributed by atoms with Crippen molar-refractivity contribution in [3.63, 3.8) is 0 Å². The molecule has 1 aromatic carbocycles. The van der Waals surface area contributed by atoms with Gasteiger partial charge in [0.2, 0.25) is 11.8 Å². The standard InChI is InChI=1S/C18H16F3N3O2/c19-18(20,21)14-4-1-5-15(8-14)24-11-13(7-16(24)25)17(26)23-10-12-3-2-6-22-9-12/h1-6,8-9,13H,7,10-11H2,(H,23,26)/t13-/m1/s1. The second-order valence-electron chi connectivity index (χ2n) is 6.03. The number of aromatic nitrogens is 1. The zero-order valence-corrected chi connectivity index (χ0v) is 13.7. The minimum atomic E-state index is -4.49. The Labute approximate surface area is 147 Å². The second-order valence-corrected chi connectivity index (χ2v) is 6.03. The molecule has 2 heterocycles. The van der Waals surface area contributed by atoms with Crippen LogP contribution in [0.25, 0.3) is 0 Å². The number of carbonyl (C=O) groups is 2. The molecular weight excluding hydrogens is 347 g/mol. The first kappa shape index (κ1) is 17.9. The Bertz CT molecular complexity index is 809. The van der Waals surface area contributed by atoms with Gasteiger partial charge in [-0.2, -0.15) is 13.2 Å². The van der Waals surface area contributed by atoms with Gasteiger partial charge in [-0.15, -0.1) is 0 Å². The number of rotatable bonds is 4. The van der Waals surface area contributed by atoms with Crippen molar-refractivity contribution in [1.29, 1.82) is 0 Å².